The summed E-state index contributed by atoms with van der Waals surface area (Å²) < 4.78 is 5.20. The van der Waals surface area contributed by atoms with Crippen molar-refractivity contribution in [2.75, 3.05) is 13.7 Å². The summed E-state index contributed by atoms with van der Waals surface area (Å²) in [6.07, 6.45) is 1.75. The number of benzene rings is 3. The lowest BCUT2D eigenvalue weighted by Crippen LogP contribution is -2.26. The quantitative estimate of drug-likeness (QED) is 0.441. The number of amides is 1. The van der Waals surface area contributed by atoms with Gasteiger partial charge in [-0.05, 0) is 48.2 Å². The number of para-hydroxylation sites is 1. The van der Waals surface area contributed by atoms with Gasteiger partial charge in [-0.1, -0.05) is 61.5 Å². The molecule has 4 nitrogen and oxygen atoms in total. The van der Waals surface area contributed by atoms with E-state index >= 15 is 0 Å². The molecular weight excluding hydrogens is 384 g/mol. The minimum absolute atomic E-state index is 0.0847. The lowest BCUT2D eigenvalue weighted by Gasteiger charge is -2.11. The van der Waals surface area contributed by atoms with Crippen LogP contribution in [0.2, 0.25) is 0 Å². The van der Waals surface area contributed by atoms with E-state index in [0.717, 1.165) is 46.3 Å². The average molecular weight is 411 g/mol. The van der Waals surface area contributed by atoms with Crippen LogP contribution in [0.25, 0.3) is 22.2 Å². The zero-order valence-corrected chi connectivity index (χ0v) is 17.9. The minimum atomic E-state index is -0.0847. The van der Waals surface area contributed by atoms with Crippen molar-refractivity contribution >= 4 is 16.8 Å². The number of rotatable bonds is 7. The smallest absolute Gasteiger partial charge is 0.252 e. The SMILES string of the molecule is CCc1ccc(-c2cc(C(=O)NCCc3ccc(OC)cc3)c3ccccc3n2)cc1. The molecule has 1 aromatic heterocycles. The first-order chi connectivity index (χ1) is 15.2. The highest BCUT2D eigenvalue weighted by Crippen LogP contribution is 2.25. The van der Waals surface area contributed by atoms with Gasteiger partial charge in [-0.2, -0.15) is 0 Å². The van der Waals surface area contributed by atoms with Gasteiger partial charge in [0.15, 0.2) is 0 Å². The highest BCUT2D eigenvalue weighted by Gasteiger charge is 2.13. The van der Waals surface area contributed by atoms with Crippen molar-refractivity contribution in [1.29, 1.82) is 0 Å². The molecule has 4 rings (SSSR count). The number of hydrogen-bond acceptors (Lipinski definition) is 3. The van der Waals surface area contributed by atoms with Crippen LogP contribution >= 0.6 is 0 Å². The Bertz CT molecular complexity index is 1180. The Hall–Kier alpha value is -3.66. The second kappa shape index (κ2) is 9.43. The fraction of sp³-hybridized carbons (Fsp3) is 0.185. The van der Waals surface area contributed by atoms with E-state index in [2.05, 4.69) is 36.5 Å². The molecule has 0 radical (unpaired) electrons. The number of nitrogens with zero attached hydrogens (tertiary/aromatic N) is 1. The average Bonchev–Trinajstić information content (AvgIpc) is 2.83. The molecule has 0 spiro atoms. The zero-order chi connectivity index (χ0) is 21.6. The standard InChI is InChI=1S/C27H26N2O2/c1-3-19-8-12-21(13-9-19)26-18-24(23-6-4-5-7-25(23)29-26)27(30)28-17-16-20-10-14-22(31-2)15-11-20/h4-15,18H,3,16-17H2,1-2H3,(H,28,30). The Morgan fingerprint density at radius 1 is 0.935 bits per heavy atom. The number of methoxy groups -OCH3 is 1. The van der Waals surface area contributed by atoms with E-state index in [1.54, 1.807) is 7.11 Å². The number of hydrogen-bond donors (Lipinski definition) is 1. The van der Waals surface area contributed by atoms with E-state index < -0.39 is 0 Å². The summed E-state index contributed by atoms with van der Waals surface area (Å²) in [6.45, 7) is 2.69. The van der Waals surface area contributed by atoms with Crippen LogP contribution in [0.5, 0.6) is 5.75 Å². The molecule has 0 atom stereocenters. The van der Waals surface area contributed by atoms with Gasteiger partial charge in [-0.15, -0.1) is 0 Å². The first kappa shape index (κ1) is 20.6. The van der Waals surface area contributed by atoms with Crippen LogP contribution in [0.3, 0.4) is 0 Å². The molecule has 0 aliphatic rings. The Morgan fingerprint density at radius 2 is 1.65 bits per heavy atom. The van der Waals surface area contributed by atoms with Crippen LogP contribution < -0.4 is 10.1 Å². The summed E-state index contributed by atoms with van der Waals surface area (Å²) in [5.74, 6) is 0.745. The number of pyridine rings is 1. The van der Waals surface area contributed by atoms with Gasteiger partial charge in [0, 0.05) is 17.5 Å². The van der Waals surface area contributed by atoms with Crippen LogP contribution in [0.4, 0.5) is 0 Å². The van der Waals surface area contributed by atoms with Crippen molar-refractivity contribution in [1.82, 2.24) is 10.3 Å². The van der Waals surface area contributed by atoms with Gasteiger partial charge in [0.1, 0.15) is 5.75 Å². The predicted octanol–water partition coefficient (Wildman–Crippen LogP) is 5.45. The number of ether oxygens (including phenoxy) is 1. The number of aromatic nitrogens is 1. The van der Waals surface area contributed by atoms with Crippen molar-refractivity contribution in [3.05, 3.63) is 95.6 Å². The maximum atomic E-state index is 13.1. The monoisotopic (exact) mass is 410 g/mol. The topological polar surface area (TPSA) is 51.2 Å². The fourth-order valence-corrected chi connectivity index (χ4v) is 3.63. The number of aryl methyl sites for hydroxylation is 1. The highest BCUT2D eigenvalue weighted by atomic mass is 16.5. The molecule has 0 aliphatic heterocycles. The molecule has 1 N–H and O–H groups in total. The van der Waals surface area contributed by atoms with Crippen LogP contribution in [0, 0.1) is 0 Å². The number of nitrogens with one attached hydrogen (secondary N) is 1. The largest absolute Gasteiger partial charge is 0.497 e. The van der Waals surface area contributed by atoms with Crippen molar-refractivity contribution in [3.63, 3.8) is 0 Å². The third-order valence-electron chi connectivity index (χ3n) is 5.48. The summed E-state index contributed by atoms with van der Waals surface area (Å²) in [5.41, 5.74) is 5.71. The summed E-state index contributed by atoms with van der Waals surface area (Å²) in [6, 6.07) is 26.0. The fourth-order valence-electron chi connectivity index (χ4n) is 3.63. The number of fused-ring (bicyclic) bond motifs is 1. The van der Waals surface area contributed by atoms with E-state index in [0.29, 0.717) is 12.1 Å². The maximum Gasteiger partial charge on any atom is 0.252 e. The molecule has 0 saturated carbocycles. The molecule has 0 bridgehead atoms. The second-order valence-electron chi connectivity index (χ2n) is 7.48. The van der Waals surface area contributed by atoms with Crippen LogP contribution in [0.15, 0.2) is 78.9 Å². The summed E-state index contributed by atoms with van der Waals surface area (Å²) >= 11 is 0. The molecule has 0 fully saturated rings. The van der Waals surface area contributed by atoms with Crippen LogP contribution in [-0.4, -0.2) is 24.5 Å². The van der Waals surface area contributed by atoms with Gasteiger partial charge >= 0.3 is 0 Å². The first-order valence-electron chi connectivity index (χ1n) is 10.6. The summed E-state index contributed by atoms with van der Waals surface area (Å²) in [5, 5.41) is 3.93. The third kappa shape index (κ3) is 4.75. The Kier molecular flexibility index (Phi) is 6.27. The van der Waals surface area contributed by atoms with E-state index in [4.69, 9.17) is 9.72 Å². The zero-order valence-electron chi connectivity index (χ0n) is 17.9. The molecule has 31 heavy (non-hydrogen) atoms. The van der Waals surface area contributed by atoms with Crippen LogP contribution in [-0.2, 0) is 12.8 Å². The van der Waals surface area contributed by atoms with Gasteiger partial charge in [0.05, 0.1) is 23.9 Å². The molecule has 1 amide bonds. The van der Waals surface area contributed by atoms with Gasteiger partial charge < -0.3 is 10.1 Å². The molecule has 0 unspecified atom stereocenters. The second-order valence-corrected chi connectivity index (χ2v) is 7.48. The molecule has 0 saturated heterocycles. The minimum Gasteiger partial charge on any atom is -0.497 e. The van der Waals surface area contributed by atoms with E-state index in [1.807, 2.05) is 54.6 Å². The van der Waals surface area contributed by atoms with E-state index in [9.17, 15) is 4.79 Å². The van der Waals surface area contributed by atoms with Gasteiger partial charge in [-0.3, -0.25) is 4.79 Å². The normalized spacial score (nSPS) is 10.8. The predicted molar refractivity (Wildman–Crippen MR) is 126 cm³/mol. The summed E-state index contributed by atoms with van der Waals surface area (Å²) in [7, 11) is 1.65. The molecule has 156 valence electrons. The first-order valence-corrected chi connectivity index (χ1v) is 10.6. The van der Waals surface area contributed by atoms with Crippen molar-refractivity contribution in [2.24, 2.45) is 0 Å². The van der Waals surface area contributed by atoms with Crippen molar-refractivity contribution in [3.8, 4) is 17.0 Å². The molecule has 0 aliphatic carbocycles. The maximum absolute atomic E-state index is 13.1. The Morgan fingerprint density at radius 3 is 2.35 bits per heavy atom. The molecule has 3 aromatic carbocycles. The number of carbonyl (C=O) groups is 1. The lowest BCUT2D eigenvalue weighted by atomic mass is 10.0. The van der Waals surface area contributed by atoms with Gasteiger partial charge in [0.2, 0.25) is 0 Å². The highest BCUT2D eigenvalue weighted by molar-refractivity contribution is 6.07. The lowest BCUT2D eigenvalue weighted by molar-refractivity contribution is 0.0955. The van der Waals surface area contributed by atoms with Crippen molar-refractivity contribution < 1.29 is 9.53 Å². The van der Waals surface area contributed by atoms with Gasteiger partial charge in [0.25, 0.3) is 5.91 Å². The Labute approximate surface area is 182 Å². The molecular formula is C27H26N2O2. The third-order valence-corrected chi connectivity index (χ3v) is 5.48. The summed E-state index contributed by atoms with van der Waals surface area (Å²) in [4.78, 5) is 17.9. The molecule has 1 heterocycles. The molecule has 4 heteroatoms. The Balaban J connectivity index is 1.56. The van der Waals surface area contributed by atoms with Crippen LogP contribution in [0.1, 0.15) is 28.4 Å². The van der Waals surface area contributed by atoms with E-state index in [1.165, 1.54) is 5.56 Å². The number of carbonyl (C=O) groups excluding carboxylic acids is 1. The van der Waals surface area contributed by atoms with E-state index in [-0.39, 0.29) is 5.91 Å². The van der Waals surface area contributed by atoms with Crippen molar-refractivity contribution in [2.45, 2.75) is 19.8 Å². The molecule has 4 aromatic rings. The van der Waals surface area contributed by atoms with Gasteiger partial charge in [-0.25, -0.2) is 4.98 Å².